The van der Waals surface area contributed by atoms with Crippen LogP contribution in [0.4, 0.5) is 5.69 Å². The van der Waals surface area contributed by atoms with Crippen molar-refractivity contribution >= 4 is 34.5 Å². The average molecular weight is 281 g/mol. The molecule has 0 aliphatic carbocycles. The number of benzene rings is 1. The number of carbonyl (C=O) groups is 1. The Hall–Kier alpha value is -1.39. The molecule has 1 N–H and O–H groups in total. The van der Waals surface area contributed by atoms with E-state index >= 15 is 0 Å². The first-order valence-electron chi connectivity index (χ1n) is 5.54. The first-order valence-corrected chi connectivity index (χ1v) is 6.85. The fourth-order valence-corrected chi connectivity index (χ4v) is 2.17. The van der Waals surface area contributed by atoms with Crippen molar-refractivity contribution in [1.29, 1.82) is 0 Å². The highest BCUT2D eigenvalue weighted by Crippen LogP contribution is 2.24. The highest BCUT2D eigenvalue weighted by molar-refractivity contribution is 7.09. The molecule has 0 bridgehead atoms. The van der Waals surface area contributed by atoms with Gasteiger partial charge in [0.15, 0.2) is 0 Å². The Bertz CT molecular complexity index is 566. The summed E-state index contributed by atoms with van der Waals surface area (Å²) in [6.45, 7) is 3.61. The molecule has 0 aliphatic rings. The van der Waals surface area contributed by atoms with E-state index in [0.29, 0.717) is 0 Å². The van der Waals surface area contributed by atoms with Crippen molar-refractivity contribution in [2.24, 2.45) is 0 Å². The van der Waals surface area contributed by atoms with Crippen molar-refractivity contribution in [3.63, 3.8) is 0 Å². The molecule has 1 atom stereocenters. The van der Waals surface area contributed by atoms with E-state index in [9.17, 15) is 4.79 Å². The van der Waals surface area contributed by atoms with Crippen molar-refractivity contribution in [3.05, 3.63) is 34.7 Å². The summed E-state index contributed by atoms with van der Waals surface area (Å²) in [6.07, 6.45) is 0. The lowest BCUT2D eigenvalue weighted by molar-refractivity contribution is -0.115. The molecule has 2 aromatic rings. The number of hydrogen-bond donors (Lipinski definition) is 1. The molecule has 0 saturated heterocycles. The van der Waals surface area contributed by atoms with Crippen LogP contribution < -0.4 is 5.32 Å². The highest BCUT2D eigenvalue weighted by atomic mass is 35.5. The quantitative estimate of drug-likeness (QED) is 0.872. The van der Waals surface area contributed by atoms with Crippen molar-refractivity contribution < 1.29 is 4.79 Å². The average Bonchev–Trinajstić information content (AvgIpc) is 2.76. The molecule has 0 aliphatic heterocycles. The fourth-order valence-electron chi connectivity index (χ4n) is 1.49. The van der Waals surface area contributed by atoms with Gasteiger partial charge in [0.05, 0.1) is 10.7 Å². The molecule has 5 heteroatoms. The van der Waals surface area contributed by atoms with Crippen LogP contribution in [0, 0.1) is 6.92 Å². The number of nitrogens with one attached hydrogen (secondary N) is 1. The molecule has 1 amide bonds. The van der Waals surface area contributed by atoms with Crippen molar-refractivity contribution in [1.82, 2.24) is 4.98 Å². The van der Waals surface area contributed by atoms with Crippen LogP contribution in [0.1, 0.15) is 11.9 Å². The predicted molar refractivity (Wildman–Crippen MR) is 76.2 cm³/mol. The lowest BCUT2D eigenvalue weighted by Gasteiger charge is -2.07. The Kier molecular flexibility index (Phi) is 3.99. The van der Waals surface area contributed by atoms with Gasteiger partial charge in [0.1, 0.15) is 5.38 Å². The second-order valence-electron chi connectivity index (χ2n) is 3.94. The summed E-state index contributed by atoms with van der Waals surface area (Å²) >= 11 is 7.32. The lowest BCUT2D eigenvalue weighted by Crippen LogP contribution is -2.20. The number of hydrogen-bond acceptors (Lipinski definition) is 3. The third kappa shape index (κ3) is 3.09. The van der Waals surface area contributed by atoms with Crippen LogP contribution in [-0.4, -0.2) is 16.3 Å². The summed E-state index contributed by atoms with van der Waals surface area (Å²) in [5.74, 6) is -0.205. The van der Waals surface area contributed by atoms with Gasteiger partial charge in [0, 0.05) is 16.6 Å². The van der Waals surface area contributed by atoms with E-state index in [4.69, 9.17) is 11.6 Å². The molecular weight excluding hydrogens is 268 g/mol. The van der Waals surface area contributed by atoms with Gasteiger partial charge in [-0.2, -0.15) is 0 Å². The maximum absolute atomic E-state index is 11.5. The smallest absolute Gasteiger partial charge is 0.242 e. The molecule has 3 nitrogen and oxygen atoms in total. The summed E-state index contributed by atoms with van der Waals surface area (Å²) in [5.41, 5.74) is 2.64. The van der Waals surface area contributed by atoms with Gasteiger partial charge in [-0.05, 0) is 26.0 Å². The zero-order valence-corrected chi connectivity index (χ0v) is 11.7. The molecule has 0 radical (unpaired) electrons. The second kappa shape index (κ2) is 5.50. The normalized spacial score (nSPS) is 12.2. The molecule has 1 heterocycles. The van der Waals surface area contributed by atoms with Crippen LogP contribution in [0.15, 0.2) is 29.6 Å². The van der Waals surface area contributed by atoms with E-state index in [-0.39, 0.29) is 5.91 Å². The number of thiazole rings is 1. The first kappa shape index (κ1) is 13.1. The summed E-state index contributed by atoms with van der Waals surface area (Å²) in [4.78, 5) is 15.9. The molecule has 1 unspecified atom stereocenters. The second-order valence-corrected chi connectivity index (χ2v) is 5.65. The largest absolute Gasteiger partial charge is 0.325 e. The highest BCUT2D eigenvalue weighted by Gasteiger charge is 2.10. The first-order chi connectivity index (χ1) is 8.56. The number of halogens is 1. The van der Waals surface area contributed by atoms with Crippen LogP contribution in [0.2, 0.25) is 0 Å². The summed E-state index contributed by atoms with van der Waals surface area (Å²) < 4.78 is 0. The SMILES string of the molecule is Cc1nc(-c2cccc(NC(=O)C(C)Cl)c2)cs1. The van der Waals surface area contributed by atoms with Gasteiger partial charge in [-0.3, -0.25) is 4.79 Å². The van der Waals surface area contributed by atoms with E-state index in [2.05, 4.69) is 10.3 Å². The lowest BCUT2D eigenvalue weighted by atomic mass is 10.1. The molecular formula is C13H13ClN2OS. The zero-order chi connectivity index (χ0) is 13.1. The monoisotopic (exact) mass is 280 g/mol. The van der Waals surface area contributed by atoms with E-state index in [0.717, 1.165) is 22.0 Å². The minimum absolute atomic E-state index is 0.205. The number of anilines is 1. The molecule has 18 heavy (non-hydrogen) atoms. The summed E-state index contributed by atoms with van der Waals surface area (Å²) in [7, 11) is 0. The third-order valence-electron chi connectivity index (χ3n) is 2.41. The van der Waals surface area contributed by atoms with E-state index in [1.54, 1.807) is 18.3 Å². The molecule has 2 rings (SSSR count). The van der Waals surface area contributed by atoms with Crippen molar-refractivity contribution in [3.8, 4) is 11.3 Å². The van der Waals surface area contributed by atoms with Gasteiger partial charge in [0.25, 0.3) is 0 Å². The predicted octanol–water partition coefficient (Wildman–Crippen LogP) is 3.68. The molecule has 0 spiro atoms. The van der Waals surface area contributed by atoms with Gasteiger partial charge < -0.3 is 5.32 Å². The number of nitrogens with zero attached hydrogens (tertiary/aromatic N) is 1. The molecule has 0 fully saturated rings. The van der Waals surface area contributed by atoms with Gasteiger partial charge in [0.2, 0.25) is 5.91 Å². The molecule has 1 aromatic carbocycles. The Morgan fingerprint density at radius 3 is 2.89 bits per heavy atom. The number of aryl methyl sites for hydroxylation is 1. The maximum atomic E-state index is 11.5. The molecule has 94 valence electrons. The molecule has 0 saturated carbocycles. The number of alkyl halides is 1. The van der Waals surface area contributed by atoms with Crippen LogP contribution in [0.3, 0.4) is 0 Å². The number of rotatable bonds is 3. The topological polar surface area (TPSA) is 42.0 Å². The standard InChI is InChI=1S/C13H13ClN2OS/c1-8(14)13(17)16-11-5-3-4-10(6-11)12-7-18-9(2)15-12/h3-8H,1-2H3,(H,16,17). The maximum Gasteiger partial charge on any atom is 0.242 e. The van der Waals surface area contributed by atoms with Crippen molar-refractivity contribution in [2.45, 2.75) is 19.2 Å². The zero-order valence-electron chi connectivity index (χ0n) is 10.1. The Labute approximate surface area is 115 Å². The minimum atomic E-state index is -0.546. The number of amides is 1. The van der Waals surface area contributed by atoms with Crippen LogP contribution >= 0.6 is 22.9 Å². The number of aromatic nitrogens is 1. The van der Waals surface area contributed by atoms with E-state index in [1.165, 1.54) is 0 Å². The van der Waals surface area contributed by atoms with Gasteiger partial charge in [-0.25, -0.2) is 4.98 Å². The van der Waals surface area contributed by atoms with Crippen LogP contribution in [0.25, 0.3) is 11.3 Å². The van der Waals surface area contributed by atoms with Gasteiger partial charge in [-0.1, -0.05) is 12.1 Å². The third-order valence-corrected chi connectivity index (χ3v) is 3.38. The Morgan fingerprint density at radius 1 is 1.50 bits per heavy atom. The summed E-state index contributed by atoms with van der Waals surface area (Å²) in [6, 6.07) is 7.58. The van der Waals surface area contributed by atoms with Crippen molar-refractivity contribution in [2.75, 3.05) is 5.32 Å². The van der Waals surface area contributed by atoms with Crippen LogP contribution in [0.5, 0.6) is 0 Å². The Morgan fingerprint density at radius 2 is 2.28 bits per heavy atom. The van der Waals surface area contributed by atoms with E-state index in [1.807, 2.05) is 36.6 Å². The molecule has 1 aromatic heterocycles. The minimum Gasteiger partial charge on any atom is -0.325 e. The van der Waals surface area contributed by atoms with Crippen LogP contribution in [-0.2, 0) is 4.79 Å². The fraction of sp³-hybridized carbons (Fsp3) is 0.231. The number of carbonyl (C=O) groups excluding carboxylic acids is 1. The van der Waals surface area contributed by atoms with Gasteiger partial charge >= 0.3 is 0 Å². The van der Waals surface area contributed by atoms with Gasteiger partial charge in [-0.15, -0.1) is 22.9 Å². The summed E-state index contributed by atoms with van der Waals surface area (Å²) in [5, 5.41) is 5.24. The van der Waals surface area contributed by atoms with E-state index < -0.39 is 5.38 Å². The Balaban J connectivity index is 2.23.